The van der Waals surface area contributed by atoms with Gasteiger partial charge in [-0.2, -0.15) is 0 Å². The van der Waals surface area contributed by atoms with Gasteiger partial charge in [0.25, 0.3) is 5.91 Å². The number of pyridine rings is 2. The second-order valence-electron chi connectivity index (χ2n) is 7.65. The first-order valence-corrected chi connectivity index (χ1v) is 10.3. The highest BCUT2D eigenvalue weighted by atomic mass is 35.5. The Kier molecular flexibility index (Phi) is 5.79. The molecular formula is C23H24ClN3O2. The third-order valence-electron chi connectivity index (χ3n) is 5.30. The molecule has 3 aromatic rings. The zero-order chi connectivity index (χ0) is 20.4. The van der Waals surface area contributed by atoms with Crippen LogP contribution in [0.5, 0.6) is 0 Å². The number of ether oxygens (including phenoxy) is 1. The standard InChI is InChI=1S/C23H24ClN3O2/c1-15-10-16(2)21-18(11-15)12-19(22(24)26-21)13-27(14-20-4-3-9-29-20)23(28)17-5-7-25-8-6-17/h5-8,10-12,20H,3-4,9,13-14H2,1-2H3/t20-/m1/s1. The van der Waals surface area contributed by atoms with E-state index in [-0.39, 0.29) is 12.0 Å². The molecule has 0 N–H and O–H groups in total. The number of hydrogen-bond donors (Lipinski definition) is 0. The van der Waals surface area contributed by atoms with Crippen LogP contribution < -0.4 is 0 Å². The molecule has 1 atom stereocenters. The van der Waals surface area contributed by atoms with Gasteiger partial charge in [-0.1, -0.05) is 23.2 Å². The molecule has 2 aromatic heterocycles. The van der Waals surface area contributed by atoms with Gasteiger partial charge in [0, 0.05) is 48.6 Å². The van der Waals surface area contributed by atoms with Crippen LogP contribution >= 0.6 is 11.6 Å². The Labute approximate surface area is 175 Å². The Hall–Kier alpha value is -2.50. The fourth-order valence-corrected chi connectivity index (χ4v) is 4.12. The fraction of sp³-hybridized carbons (Fsp3) is 0.348. The summed E-state index contributed by atoms with van der Waals surface area (Å²) in [6, 6.07) is 9.72. The largest absolute Gasteiger partial charge is 0.376 e. The highest BCUT2D eigenvalue weighted by Crippen LogP contribution is 2.26. The highest BCUT2D eigenvalue weighted by molar-refractivity contribution is 6.30. The van der Waals surface area contributed by atoms with Crippen LogP contribution in [0.2, 0.25) is 5.15 Å². The smallest absolute Gasteiger partial charge is 0.254 e. The molecule has 0 spiro atoms. The predicted molar refractivity (Wildman–Crippen MR) is 114 cm³/mol. The molecule has 3 heterocycles. The van der Waals surface area contributed by atoms with Crippen molar-refractivity contribution < 1.29 is 9.53 Å². The molecule has 1 saturated heterocycles. The number of nitrogens with zero attached hydrogens (tertiary/aromatic N) is 3. The van der Waals surface area contributed by atoms with Crippen LogP contribution in [0.4, 0.5) is 0 Å². The van der Waals surface area contributed by atoms with Crippen LogP contribution in [0.1, 0.15) is 39.9 Å². The number of aromatic nitrogens is 2. The zero-order valence-corrected chi connectivity index (χ0v) is 17.4. The molecular weight excluding hydrogens is 386 g/mol. The van der Waals surface area contributed by atoms with Gasteiger partial charge in [0.15, 0.2) is 0 Å². The summed E-state index contributed by atoms with van der Waals surface area (Å²) in [5.41, 5.74) is 4.61. The normalized spacial score (nSPS) is 16.3. The van der Waals surface area contributed by atoms with Gasteiger partial charge in [0.05, 0.1) is 11.6 Å². The molecule has 0 radical (unpaired) electrons. The van der Waals surface area contributed by atoms with Gasteiger partial charge in [-0.25, -0.2) is 4.98 Å². The monoisotopic (exact) mass is 409 g/mol. The summed E-state index contributed by atoms with van der Waals surface area (Å²) in [4.78, 5) is 23.6. The lowest BCUT2D eigenvalue weighted by Crippen LogP contribution is -2.37. The van der Waals surface area contributed by atoms with E-state index in [4.69, 9.17) is 16.3 Å². The van der Waals surface area contributed by atoms with Gasteiger partial charge in [-0.15, -0.1) is 0 Å². The van der Waals surface area contributed by atoms with E-state index in [1.807, 2.05) is 17.9 Å². The van der Waals surface area contributed by atoms with E-state index < -0.39 is 0 Å². The Morgan fingerprint density at radius 1 is 1.24 bits per heavy atom. The van der Waals surface area contributed by atoms with Crippen molar-refractivity contribution in [2.75, 3.05) is 13.2 Å². The van der Waals surface area contributed by atoms with Gasteiger partial charge in [0.2, 0.25) is 0 Å². The number of amides is 1. The summed E-state index contributed by atoms with van der Waals surface area (Å²) in [6.45, 7) is 5.77. The van der Waals surface area contributed by atoms with Crippen molar-refractivity contribution in [2.45, 2.75) is 39.3 Å². The third-order valence-corrected chi connectivity index (χ3v) is 5.63. The molecule has 0 unspecified atom stereocenters. The summed E-state index contributed by atoms with van der Waals surface area (Å²) in [6.07, 6.45) is 5.31. The molecule has 0 aliphatic carbocycles. The second-order valence-corrected chi connectivity index (χ2v) is 8.01. The zero-order valence-electron chi connectivity index (χ0n) is 16.7. The average Bonchev–Trinajstić information content (AvgIpc) is 3.22. The Balaban J connectivity index is 1.67. The summed E-state index contributed by atoms with van der Waals surface area (Å²) < 4.78 is 5.78. The number of fused-ring (bicyclic) bond motifs is 1. The molecule has 6 heteroatoms. The van der Waals surface area contributed by atoms with Crippen LogP contribution in [0, 0.1) is 13.8 Å². The van der Waals surface area contributed by atoms with Gasteiger partial charge in [-0.05, 0) is 56.5 Å². The van der Waals surface area contributed by atoms with Crippen molar-refractivity contribution in [2.24, 2.45) is 0 Å². The minimum Gasteiger partial charge on any atom is -0.376 e. The van der Waals surface area contributed by atoms with E-state index in [9.17, 15) is 4.79 Å². The maximum Gasteiger partial charge on any atom is 0.254 e. The SMILES string of the molecule is Cc1cc(C)c2nc(Cl)c(CN(C[C@H]3CCCO3)C(=O)c3ccncc3)cc2c1. The van der Waals surface area contributed by atoms with Crippen molar-refractivity contribution in [3.05, 3.63) is 70.1 Å². The molecule has 0 saturated carbocycles. The van der Waals surface area contributed by atoms with E-state index in [0.29, 0.717) is 23.8 Å². The van der Waals surface area contributed by atoms with Crippen molar-refractivity contribution in [3.63, 3.8) is 0 Å². The molecule has 29 heavy (non-hydrogen) atoms. The van der Waals surface area contributed by atoms with E-state index in [0.717, 1.165) is 41.5 Å². The molecule has 1 aromatic carbocycles. The van der Waals surface area contributed by atoms with Crippen LogP contribution in [-0.2, 0) is 11.3 Å². The van der Waals surface area contributed by atoms with E-state index in [1.165, 1.54) is 5.56 Å². The van der Waals surface area contributed by atoms with Gasteiger partial charge >= 0.3 is 0 Å². The summed E-state index contributed by atoms with van der Waals surface area (Å²) in [7, 11) is 0. The molecule has 1 aliphatic heterocycles. The van der Waals surface area contributed by atoms with Crippen LogP contribution in [0.25, 0.3) is 10.9 Å². The highest BCUT2D eigenvalue weighted by Gasteiger charge is 2.24. The number of benzene rings is 1. The van der Waals surface area contributed by atoms with Gasteiger partial charge < -0.3 is 9.64 Å². The van der Waals surface area contributed by atoms with Crippen LogP contribution in [0.3, 0.4) is 0 Å². The number of carbonyl (C=O) groups excluding carboxylic acids is 1. The lowest BCUT2D eigenvalue weighted by atomic mass is 10.0. The first-order chi connectivity index (χ1) is 14.0. The third kappa shape index (κ3) is 4.41. The second kappa shape index (κ2) is 8.47. The van der Waals surface area contributed by atoms with Gasteiger partial charge in [0.1, 0.15) is 5.15 Å². The summed E-state index contributed by atoms with van der Waals surface area (Å²) in [5, 5.41) is 1.47. The maximum atomic E-state index is 13.2. The average molecular weight is 410 g/mol. The molecule has 0 bridgehead atoms. The maximum absolute atomic E-state index is 13.2. The fourth-order valence-electron chi connectivity index (χ4n) is 3.92. The van der Waals surface area contributed by atoms with Crippen molar-refractivity contribution >= 4 is 28.4 Å². The minimum atomic E-state index is -0.0560. The quantitative estimate of drug-likeness (QED) is 0.572. The number of carbonyl (C=O) groups is 1. The number of hydrogen-bond acceptors (Lipinski definition) is 4. The summed E-state index contributed by atoms with van der Waals surface area (Å²) in [5.74, 6) is -0.0560. The van der Waals surface area contributed by atoms with E-state index in [1.54, 1.807) is 24.5 Å². The Morgan fingerprint density at radius 2 is 2.03 bits per heavy atom. The van der Waals surface area contributed by atoms with Crippen molar-refractivity contribution in [3.8, 4) is 0 Å². The number of aryl methyl sites for hydroxylation is 2. The molecule has 1 fully saturated rings. The molecule has 1 aliphatic rings. The Morgan fingerprint density at radius 3 is 2.76 bits per heavy atom. The van der Waals surface area contributed by atoms with E-state index in [2.05, 4.69) is 29.0 Å². The Bertz CT molecular complexity index is 1030. The lowest BCUT2D eigenvalue weighted by Gasteiger charge is -2.26. The van der Waals surface area contributed by atoms with Crippen molar-refractivity contribution in [1.82, 2.24) is 14.9 Å². The van der Waals surface area contributed by atoms with E-state index >= 15 is 0 Å². The molecule has 1 amide bonds. The first kappa shape index (κ1) is 19.8. The number of rotatable bonds is 5. The molecule has 5 nitrogen and oxygen atoms in total. The van der Waals surface area contributed by atoms with Crippen molar-refractivity contribution in [1.29, 1.82) is 0 Å². The van der Waals surface area contributed by atoms with Crippen LogP contribution in [-0.4, -0.2) is 40.0 Å². The molecule has 150 valence electrons. The minimum absolute atomic E-state index is 0.0532. The van der Waals surface area contributed by atoms with Crippen LogP contribution in [0.15, 0.2) is 42.7 Å². The number of halogens is 1. The first-order valence-electron chi connectivity index (χ1n) is 9.88. The topological polar surface area (TPSA) is 55.3 Å². The molecule has 4 rings (SSSR count). The summed E-state index contributed by atoms with van der Waals surface area (Å²) >= 11 is 6.54. The predicted octanol–water partition coefficient (Wildman–Crippen LogP) is 4.72. The van der Waals surface area contributed by atoms with Gasteiger partial charge in [-0.3, -0.25) is 9.78 Å². The lowest BCUT2D eigenvalue weighted by molar-refractivity contribution is 0.0507.